The summed E-state index contributed by atoms with van der Waals surface area (Å²) >= 11 is 1.17. The van der Waals surface area contributed by atoms with Crippen LogP contribution in [0.25, 0.3) is 16.7 Å². The predicted octanol–water partition coefficient (Wildman–Crippen LogP) is 3.53. The second-order valence-electron chi connectivity index (χ2n) is 8.91. The van der Waals surface area contributed by atoms with Crippen LogP contribution in [0.4, 0.5) is 5.69 Å². The molecule has 4 rings (SSSR count). The Bertz CT molecular complexity index is 1560. The quantitative estimate of drug-likeness (QED) is 0.255. The molecule has 0 atom stereocenters. The van der Waals surface area contributed by atoms with Gasteiger partial charge in [0, 0.05) is 29.4 Å². The first-order chi connectivity index (χ1) is 17.7. The van der Waals surface area contributed by atoms with E-state index in [1.54, 1.807) is 51.4 Å². The van der Waals surface area contributed by atoms with Crippen LogP contribution in [-0.4, -0.2) is 48.6 Å². The fraction of sp³-hybridized carbons (Fsp3) is 0.308. The highest BCUT2D eigenvalue weighted by Gasteiger charge is 2.19. The number of Topliss-reactive ketones (excluding diaryl/α,β-unsaturated/α-hetero) is 1. The highest BCUT2D eigenvalue weighted by Crippen LogP contribution is 2.23. The molecule has 11 heteroatoms. The van der Waals surface area contributed by atoms with Crippen LogP contribution in [-0.2, 0) is 11.3 Å². The van der Waals surface area contributed by atoms with Gasteiger partial charge in [-0.2, -0.15) is 0 Å². The van der Waals surface area contributed by atoms with Crippen molar-refractivity contribution in [2.24, 2.45) is 0 Å². The van der Waals surface area contributed by atoms with Gasteiger partial charge in [-0.15, -0.1) is 10.2 Å². The fourth-order valence-electron chi connectivity index (χ4n) is 3.90. The molecule has 2 aromatic carbocycles. The van der Waals surface area contributed by atoms with Crippen molar-refractivity contribution in [2.75, 3.05) is 11.1 Å². The maximum absolute atomic E-state index is 13.2. The molecule has 192 valence electrons. The molecule has 10 nitrogen and oxygen atoms in total. The summed E-state index contributed by atoms with van der Waals surface area (Å²) in [5, 5.41) is 15.0. The number of carbonyl (C=O) groups excluding carboxylic acids is 3. The highest BCUT2D eigenvalue weighted by molar-refractivity contribution is 7.99. The molecule has 0 radical (unpaired) electrons. The molecule has 0 saturated heterocycles. The maximum Gasteiger partial charge on any atom is 0.262 e. The largest absolute Gasteiger partial charge is 0.350 e. The topological polar surface area (TPSA) is 127 Å². The Morgan fingerprint density at radius 1 is 1.03 bits per heavy atom. The van der Waals surface area contributed by atoms with Crippen LogP contribution in [0.1, 0.15) is 54.8 Å². The number of hydrogen-bond acceptors (Lipinski definition) is 7. The summed E-state index contributed by atoms with van der Waals surface area (Å²) in [5.41, 5.74) is 1.83. The highest BCUT2D eigenvalue weighted by atomic mass is 32.2. The van der Waals surface area contributed by atoms with Crippen molar-refractivity contribution in [2.45, 2.75) is 51.9 Å². The van der Waals surface area contributed by atoms with Crippen LogP contribution in [0.2, 0.25) is 0 Å². The molecule has 2 heterocycles. The van der Waals surface area contributed by atoms with Gasteiger partial charge in [0.25, 0.3) is 11.5 Å². The van der Waals surface area contributed by atoms with Gasteiger partial charge in [-0.1, -0.05) is 18.7 Å². The van der Waals surface area contributed by atoms with Crippen molar-refractivity contribution >= 4 is 51.7 Å². The number of rotatable bonds is 9. The molecule has 0 fully saturated rings. The van der Waals surface area contributed by atoms with Crippen LogP contribution in [0.15, 0.2) is 52.4 Å². The van der Waals surface area contributed by atoms with E-state index in [-0.39, 0.29) is 35.0 Å². The number of carbonyl (C=O) groups is 3. The molecule has 0 aliphatic carbocycles. The Morgan fingerprint density at radius 2 is 1.73 bits per heavy atom. The molecule has 0 aliphatic rings. The molecule has 2 aromatic heterocycles. The van der Waals surface area contributed by atoms with Crippen LogP contribution >= 0.6 is 11.8 Å². The molecule has 4 aromatic rings. The standard InChI is InChI=1S/C26H28N6O4S/c1-5-12-31-24(36)20-11-8-18(23(35)27-15(2)3)13-21(20)32-25(31)29-30-26(32)37-14-22(34)28-19-9-6-17(7-10-19)16(4)33/h6-11,13,15H,5,12,14H2,1-4H3,(H,27,35)(H,28,34). The van der Waals surface area contributed by atoms with E-state index in [1.165, 1.54) is 18.7 Å². The number of ketones is 1. The molecule has 2 N–H and O–H groups in total. The first-order valence-corrected chi connectivity index (χ1v) is 12.9. The number of anilines is 1. The predicted molar refractivity (Wildman–Crippen MR) is 143 cm³/mol. The van der Waals surface area contributed by atoms with Gasteiger partial charge in [-0.25, -0.2) is 0 Å². The summed E-state index contributed by atoms with van der Waals surface area (Å²) in [4.78, 5) is 50.0. The van der Waals surface area contributed by atoms with Crippen LogP contribution in [0.5, 0.6) is 0 Å². The number of amides is 2. The third-order valence-corrected chi connectivity index (χ3v) is 6.54. The lowest BCUT2D eigenvalue weighted by Crippen LogP contribution is -2.30. The molecule has 37 heavy (non-hydrogen) atoms. The molecule has 0 bridgehead atoms. The minimum atomic E-state index is -0.263. The van der Waals surface area contributed by atoms with Gasteiger partial charge >= 0.3 is 0 Å². The van der Waals surface area contributed by atoms with Crippen molar-refractivity contribution in [3.05, 3.63) is 63.9 Å². The Morgan fingerprint density at radius 3 is 2.38 bits per heavy atom. The monoisotopic (exact) mass is 520 g/mol. The minimum Gasteiger partial charge on any atom is -0.350 e. The van der Waals surface area contributed by atoms with E-state index in [9.17, 15) is 19.2 Å². The van der Waals surface area contributed by atoms with Gasteiger partial charge in [0.1, 0.15) is 0 Å². The van der Waals surface area contributed by atoms with Crippen molar-refractivity contribution in [1.82, 2.24) is 24.5 Å². The van der Waals surface area contributed by atoms with E-state index in [0.717, 1.165) is 6.42 Å². The number of aromatic nitrogens is 4. The minimum absolute atomic E-state index is 0.0389. The molecular formula is C26H28N6O4S. The second kappa shape index (κ2) is 11.0. The van der Waals surface area contributed by atoms with Crippen LogP contribution in [0, 0.1) is 0 Å². The number of thioether (sulfide) groups is 1. The molecule has 0 unspecified atom stereocenters. The smallest absolute Gasteiger partial charge is 0.262 e. The van der Waals surface area contributed by atoms with Gasteiger partial charge in [0.15, 0.2) is 10.9 Å². The Labute approximate surface area is 217 Å². The number of hydrogen-bond donors (Lipinski definition) is 2. The third-order valence-electron chi connectivity index (χ3n) is 5.61. The number of nitrogens with zero attached hydrogens (tertiary/aromatic N) is 4. The summed E-state index contributed by atoms with van der Waals surface area (Å²) in [6.45, 7) is 7.64. The summed E-state index contributed by atoms with van der Waals surface area (Å²) in [6.07, 6.45) is 0.718. The summed E-state index contributed by atoms with van der Waals surface area (Å²) in [5.74, 6) is -0.174. The Hall–Kier alpha value is -3.99. The average molecular weight is 521 g/mol. The summed E-state index contributed by atoms with van der Waals surface area (Å²) in [7, 11) is 0. The van der Waals surface area contributed by atoms with Gasteiger partial charge in [-0.05, 0) is 69.7 Å². The first kappa shape index (κ1) is 26.1. The van der Waals surface area contributed by atoms with E-state index in [0.29, 0.717) is 45.2 Å². The number of benzene rings is 2. The molecule has 0 spiro atoms. The molecule has 0 aliphatic heterocycles. The zero-order valence-corrected chi connectivity index (χ0v) is 21.9. The Balaban J connectivity index is 1.68. The van der Waals surface area contributed by atoms with E-state index in [4.69, 9.17) is 0 Å². The number of nitrogens with one attached hydrogen (secondary N) is 2. The summed E-state index contributed by atoms with van der Waals surface area (Å²) < 4.78 is 3.28. The van der Waals surface area contributed by atoms with Crippen molar-refractivity contribution in [1.29, 1.82) is 0 Å². The lowest BCUT2D eigenvalue weighted by Gasteiger charge is -2.13. The van der Waals surface area contributed by atoms with Crippen LogP contribution < -0.4 is 16.2 Å². The lowest BCUT2D eigenvalue weighted by molar-refractivity contribution is -0.113. The van der Waals surface area contributed by atoms with Gasteiger partial charge in [0.2, 0.25) is 11.7 Å². The second-order valence-corrected chi connectivity index (χ2v) is 9.85. The van der Waals surface area contributed by atoms with E-state index in [1.807, 2.05) is 20.8 Å². The van der Waals surface area contributed by atoms with Gasteiger partial charge in [-0.3, -0.25) is 28.1 Å². The lowest BCUT2D eigenvalue weighted by atomic mass is 10.1. The van der Waals surface area contributed by atoms with Crippen molar-refractivity contribution < 1.29 is 14.4 Å². The van der Waals surface area contributed by atoms with Crippen molar-refractivity contribution in [3.63, 3.8) is 0 Å². The SMILES string of the molecule is CCCn1c(=O)c2ccc(C(=O)NC(C)C)cc2n2c(SCC(=O)Nc3ccc(C(C)=O)cc3)nnc12. The van der Waals surface area contributed by atoms with Gasteiger partial charge < -0.3 is 10.6 Å². The number of fused-ring (bicyclic) bond motifs is 3. The van der Waals surface area contributed by atoms with Gasteiger partial charge in [0.05, 0.1) is 16.7 Å². The molecular weight excluding hydrogens is 492 g/mol. The fourth-order valence-corrected chi connectivity index (χ4v) is 4.64. The zero-order valence-electron chi connectivity index (χ0n) is 21.1. The third kappa shape index (κ3) is 5.56. The molecule has 2 amide bonds. The summed E-state index contributed by atoms with van der Waals surface area (Å²) in [6, 6.07) is 11.5. The average Bonchev–Trinajstić information content (AvgIpc) is 3.29. The van der Waals surface area contributed by atoms with Crippen molar-refractivity contribution in [3.8, 4) is 0 Å². The normalized spacial score (nSPS) is 11.3. The Kier molecular flexibility index (Phi) is 7.72. The first-order valence-electron chi connectivity index (χ1n) is 12.0. The number of aryl methyl sites for hydroxylation is 1. The molecule has 0 saturated carbocycles. The van der Waals surface area contributed by atoms with E-state index < -0.39 is 0 Å². The maximum atomic E-state index is 13.2. The van der Waals surface area contributed by atoms with E-state index >= 15 is 0 Å². The zero-order chi connectivity index (χ0) is 26.7. The van der Waals surface area contributed by atoms with Crippen LogP contribution in [0.3, 0.4) is 0 Å². The van der Waals surface area contributed by atoms with E-state index in [2.05, 4.69) is 20.8 Å².